The molecule has 1 aliphatic heterocycles. The highest BCUT2D eigenvalue weighted by atomic mass is 32.1. The summed E-state index contributed by atoms with van der Waals surface area (Å²) in [6, 6.07) is 6.26. The quantitative estimate of drug-likeness (QED) is 0.458. The summed E-state index contributed by atoms with van der Waals surface area (Å²) in [4.78, 5) is 0. The van der Waals surface area contributed by atoms with E-state index >= 15 is 0 Å². The molecule has 5 saturated carbocycles. The molecule has 9 rings (SSSR count). The fourth-order valence-corrected chi connectivity index (χ4v) is 11.1. The fraction of sp³-hybridized carbons (Fsp3) is 0.677. The van der Waals surface area contributed by atoms with Gasteiger partial charge in [0.1, 0.15) is 11.7 Å². The van der Waals surface area contributed by atoms with Gasteiger partial charge in [0.15, 0.2) is 11.5 Å². The third kappa shape index (κ3) is 2.58. The van der Waals surface area contributed by atoms with E-state index in [1.165, 1.54) is 48.8 Å². The van der Waals surface area contributed by atoms with E-state index in [0.29, 0.717) is 36.2 Å². The molecule has 0 saturated heterocycles. The van der Waals surface area contributed by atoms with Gasteiger partial charge in [0.25, 0.3) is 0 Å². The van der Waals surface area contributed by atoms with Crippen LogP contribution in [0.15, 0.2) is 29.0 Å². The Morgan fingerprint density at radius 1 is 1.14 bits per heavy atom. The molecule has 1 aromatic carbocycles. The van der Waals surface area contributed by atoms with Gasteiger partial charge >= 0.3 is 0 Å². The van der Waals surface area contributed by atoms with E-state index in [2.05, 4.69) is 29.8 Å². The fourth-order valence-electron chi connectivity index (χ4n) is 10.5. The first-order valence-corrected chi connectivity index (χ1v) is 15.1. The first kappa shape index (κ1) is 22.4. The largest absolute Gasteiger partial charge is 0.504 e. The molecule has 5 heteroatoms. The summed E-state index contributed by atoms with van der Waals surface area (Å²) in [6.45, 7) is 4.00. The van der Waals surface area contributed by atoms with Gasteiger partial charge in [-0.15, -0.1) is 0 Å². The van der Waals surface area contributed by atoms with E-state index in [4.69, 9.17) is 14.2 Å². The molecule has 7 atom stereocenters. The zero-order valence-corrected chi connectivity index (χ0v) is 22.4. The zero-order chi connectivity index (χ0) is 24.3. The zero-order valence-electron chi connectivity index (χ0n) is 21.6. The molecule has 5 fully saturated rings. The van der Waals surface area contributed by atoms with Gasteiger partial charge in [0.2, 0.25) is 0 Å². The lowest BCUT2D eigenvalue weighted by Gasteiger charge is -2.75. The Kier molecular flexibility index (Phi) is 4.55. The Bertz CT molecular complexity index is 1210. The van der Waals surface area contributed by atoms with Crippen LogP contribution < -0.4 is 4.74 Å². The molecule has 4 bridgehead atoms. The van der Waals surface area contributed by atoms with Gasteiger partial charge < -0.3 is 19.3 Å². The maximum atomic E-state index is 11.0. The molecule has 1 aromatic heterocycles. The van der Waals surface area contributed by atoms with Crippen molar-refractivity contribution in [2.75, 3.05) is 13.7 Å². The highest BCUT2D eigenvalue weighted by molar-refractivity contribution is 7.07. The van der Waals surface area contributed by atoms with Crippen LogP contribution in [0.1, 0.15) is 75.0 Å². The first-order valence-electron chi connectivity index (χ1n) is 14.1. The minimum Gasteiger partial charge on any atom is -0.504 e. The molecule has 2 aromatic rings. The predicted octanol–water partition coefficient (Wildman–Crippen LogP) is 6.63. The van der Waals surface area contributed by atoms with Crippen molar-refractivity contribution in [1.29, 1.82) is 0 Å². The topological polar surface area (TPSA) is 47.9 Å². The third-order valence-electron chi connectivity index (χ3n) is 12.0. The normalized spacial score (nSPS) is 43.3. The molecule has 0 radical (unpaired) electrons. The Labute approximate surface area is 218 Å². The highest BCUT2D eigenvalue weighted by Crippen LogP contribution is 2.81. The molecular formula is C31H38O4S. The first-order chi connectivity index (χ1) is 17.5. The Morgan fingerprint density at radius 3 is 2.81 bits per heavy atom. The summed E-state index contributed by atoms with van der Waals surface area (Å²) in [5.74, 6) is 2.98. The van der Waals surface area contributed by atoms with E-state index in [-0.39, 0.29) is 22.5 Å². The van der Waals surface area contributed by atoms with Crippen LogP contribution in [-0.4, -0.2) is 30.5 Å². The van der Waals surface area contributed by atoms with E-state index in [0.717, 1.165) is 37.4 Å². The number of benzene rings is 1. The van der Waals surface area contributed by atoms with Crippen molar-refractivity contribution in [2.24, 2.45) is 28.6 Å². The number of phenolic OH excluding ortho intramolecular Hbond substituents is 1. The lowest BCUT2D eigenvalue weighted by molar-refractivity contribution is -0.294. The second kappa shape index (κ2) is 7.30. The number of thiophene rings is 1. The summed E-state index contributed by atoms with van der Waals surface area (Å²) in [5, 5.41) is 15.3. The summed E-state index contributed by atoms with van der Waals surface area (Å²) >= 11 is 1.73. The van der Waals surface area contributed by atoms with Crippen LogP contribution in [0.25, 0.3) is 0 Å². The maximum absolute atomic E-state index is 11.0. The summed E-state index contributed by atoms with van der Waals surface area (Å²) in [7, 11) is 1.90. The molecule has 7 aliphatic rings. The molecule has 2 spiro atoms. The average Bonchev–Trinajstić information content (AvgIpc) is 3.37. The minimum absolute atomic E-state index is 0.0393. The SMILES string of the molecule is CO[C@]12CC[C@@]3(C[C@@H]1COCc1ccsc1)[C@H]1Cc4ccc(O)c5c4[C@@]3(CCC1(C)CC1CC1)[C@H]2O5. The number of fused-ring (bicyclic) bond motifs is 2. The number of hydrogen-bond donors (Lipinski definition) is 1. The molecule has 1 unspecified atom stereocenters. The van der Waals surface area contributed by atoms with Gasteiger partial charge in [-0.25, -0.2) is 0 Å². The van der Waals surface area contributed by atoms with Crippen LogP contribution in [0, 0.1) is 28.6 Å². The number of rotatable bonds is 7. The van der Waals surface area contributed by atoms with Gasteiger partial charge in [-0.3, -0.25) is 0 Å². The van der Waals surface area contributed by atoms with Gasteiger partial charge in [-0.2, -0.15) is 11.3 Å². The maximum Gasteiger partial charge on any atom is 0.165 e. The molecule has 192 valence electrons. The van der Waals surface area contributed by atoms with Gasteiger partial charge in [-0.1, -0.05) is 25.8 Å². The van der Waals surface area contributed by atoms with E-state index in [1.54, 1.807) is 11.3 Å². The molecule has 1 N–H and O–H groups in total. The number of aromatic hydroxyl groups is 1. The number of phenols is 1. The number of ether oxygens (including phenoxy) is 3. The van der Waals surface area contributed by atoms with Gasteiger partial charge in [-0.05, 0) is 102 Å². The Hall–Kier alpha value is -1.56. The smallest absolute Gasteiger partial charge is 0.165 e. The van der Waals surface area contributed by atoms with Crippen molar-refractivity contribution >= 4 is 11.3 Å². The van der Waals surface area contributed by atoms with Crippen LogP contribution in [0.2, 0.25) is 0 Å². The molecule has 6 aliphatic carbocycles. The predicted molar refractivity (Wildman–Crippen MR) is 140 cm³/mol. The van der Waals surface area contributed by atoms with Crippen molar-refractivity contribution in [3.05, 3.63) is 45.6 Å². The number of hydrogen-bond acceptors (Lipinski definition) is 5. The Morgan fingerprint density at radius 2 is 2.03 bits per heavy atom. The second-order valence-corrected chi connectivity index (χ2v) is 14.1. The molecular weight excluding hydrogens is 468 g/mol. The monoisotopic (exact) mass is 506 g/mol. The van der Waals surface area contributed by atoms with Crippen LogP contribution in [0.4, 0.5) is 0 Å². The second-order valence-electron chi connectivity index (χ2n) is 13.3. The molecule has 4 nitrogen and oxygen atoms in total. The summed E-state index contributed by atoms with van der Waals surface area (Å²) in [6.07, 6.45) is 11.1. The van der Waals surface area contributed by atoms with Crippen LogP contribution in [0.3, 0.4) is 0 Å². The summed E-state index contributed by atoms with van der Waals surface area (Å²) in [5.41, 5.74) is 4.21. The van der Waals surface area contributed by atoms with Crippen molar-refractivity contribution in [2.45, 2.75) is 88.4 Å². The van der Waals surface area contributed by atoms with E-state index < -0.39 is 0 Å². The van der Waals surface area contributed by atoms with E-state index in [9.17, 15) is 5.11 Å². The average molecular weight is 507 g/mol. The van der Waals surface area contributed by atoms with Crippen LogP contribution >= 0.6 is 11.3 Å². The lowest BCUT2D eigenvalue weighted by atomic mass is 9.29. The lowest BCUT2D eigenvalue weighted by Crippen LogP contribution is -2.79. The van der Waals surface area contributed by atoms with E-state index in [1.807, 2.05) is 13.2 Å². The van der Waals surface area contributed by atoms with Gasteiger partial charge in [0, 0.05) is 24.0 Å². The van der Waals surface area contributed by atoms with Crippen molar-refractivity contribution in [3.8, 4) is 11.5 Å². The van der Waals surface area contributed by atoms with Crippen molar-refractivity contribution < 1.29 is 19.3 Å². The van der Waals surface area contributed by atoms with Crippen LogP contribution in [-0.2, 0) is 27.9 Å². The van der Waals surface area contributed by atoms with Gasteiger partial charge in [0.05, 0.1) is 13.2 Å². The standard InChI is InChI=1S/C31H38O4S/c1-28(14-19-3-4-19)8-10-30-25-21-5-6-23(32)26(25)35-27(30)31(33-2)11-9-29(30,24(28)13-21)15-22(31)17-34-16-20-7-12-36-18-20/h5-7,12,18-19,22,24,27,32H,3-4,8-11,13-17H2,1-2H3/t22-,24+,27-,28?,29-,30+,31-/m1/s1. The van der Waals surface area contributed by atoms with Crippen molar-refractivity contribution in [3.63, 3.8) is 0 Å². The highest BCUT2D eigenvalue weighted by Gasteiger charge is 2.81. The van der Waals surface area contributed by atoms with Crippen LogP contribution in [0.5, 0.6) is 11.5 Å². The molecule has 0 amide bonds. The Balaban J connectivity index is 1.26. The minimum atomic E-state index is -0.370. The van der Waals surface area contributed by atoms with Crippen molar-refractivity contribution in [1.82, 2.24) is 0 Å². The summed E-state index contributed by atoms with van der Waals surface area (Å²) < 4.78 is 20.0. The number of methoxy groups -OCH3 is 1. The molecule has 36 heavy (non-hydrogen) atoms. The molecule has 2 heterocycles. The third-order valence-corrected chi connectivity index (χ3v) is 12.7.